The lowest BCUT2D eigenvalue weighted by atomic mass is 10.6. The van der Waals surface area contributed by atoms with Crippen molar-refractivity contribution in [2.45, 2.75) is 5.88 Å². The Morgan fingerprint density at radius 2 is 2.50 bits per heavy atom. The van der Waals surface area contributed by atoms with Crippen LogP contribution in [-0.4, -0.2) is 0 Å². The molecule has 0 aliphatic heterocycles. The SMILES string of the molecule is S=c1occ(CCl)o1. The molecule has 0 N–H and O–H groups in total. The summed E-state index contributed by atoms with van der Waals surface area (Å²) in [6, 6.07) is 0. The fourth-order valence-electron chi connectivity index (χ4n) is 0.328. The van der Waals surface area contributed by atoms with Gasteiger partial charge in [-0.25, -0.2) is 0 Å². The molecule has 44 valence electrons. The highest BCUT2D eigenvalue weighted by molar-refractivity contribution is 7.71. The van der Waals surface area contributed by atoms with Gasteiger partial charge in [0.05, 0.1) is 5.88 Å². The molecule has 0 saturated carbocycles. The van der Waals surface area contributed by atoms with Crippen LogP contribution in [0.4, 0.5) is 0 Å². The first kappa shape index (κ1) is 5.85. The molecule has 0 unspecified atom stereocenters. The van der Waals surface area contributed by atoms with Crippen molar-refractivity contribution in [3.63, 3.8) is 0 Å². The quantitative estimate of drug-likeness (QED) is 0.454. The summed E-state index contributed by atoms with van der Waals surface area (Å²) in [5, 5.41) is 0. The standard InChI is InChI=1S/C4H3ClO2S/c5-1-3-2-6-4(8)7-3/h2H,1H2. The number of halogens is 1. The molecule has 0 amide bonds. The Morgan fingerprint density at radius 1 is 1.75 bits per heavy atom. The summed E-state index contributed by atoms with van der Waals surface area (Å²) in [5.41, 5.74) is 0. The maximum absolute atomic E-state index is 5.34. The van der Waals surface area contributed by atoms with Gasteiger partial charge in [0, 0.05) is 12.2 Å². The highest BCUT2D eigenvalue weighted by Crippen LogP contribution is 2.04. The topological polar surface area (TPSA) is 26.3 Å². The van der Waals surface area contributed by atoms with Crippen molar-refractivity contribution >= 4 is 23.8 Å². The third-order valence-corrected chi connectivity index (χ3v) is 1.08. The van der Waals surface area contributed by atoms with Crippen LogP contribution >= 0.6 is 23.8 Å². The van der Waals surface area contributed by atoms with Crippen molar-refractivity contribution in [2.75, 3.05) is 0 Å². The summed E-state index contributed by atoms with van der Waals surface area (Å²) in [7, 11) is 0. The molecule has 2 nitrogen and oxygen atoms in total. The summed E-state index contributed by atoms with van der Waals surface area (Å²) < 4.78 is 9.37. The van der Waals surface area contributed by atoms with Gasteiger partial charge in [-0.05, 0) is 0 Å². The molecular formula is C4H3ClO2S. The predicted molar refractivity (Wildman–Crippen MR) is 31.4 cm³/mol. The van der Waals surface area contributed by atoms with E-state index in [-0.39, 0.29) is 4.90 Å². The smallest absolute Gasteiger partial charge is 0.362 e. The highest BCUT2D eigenvalue weighted by Gasteiger charge is 1.92. The molecule has 0 saturated heterocycles. The van der Waals surface area contributed by atoms with Crippen LogP contribution in [0.1, 0.15) is 5.76 Å². The fraction of sp³-hybridized carbons (Fsp3) is 0.250. The number of hydrogen-bond acceptors (Lipinski definition) is 3. The Bertz CT molecular complexity index is 214. The molecule has 0 atom stereocenters. The van der Waals surface area contributed by atoms with Gasteiger partial charge in [-0.3, -0.25) is 0 Å². The molecule has 0 aliphatic carbocycles. The fourth-order valence-corrected chi connectivity index (χ4v) is 0.600. The van der Waals surface area contributed by atoms with E-state index in [0.29, 0.717) is 11.6 Å². The number of alkyl halides is 1. The molecule has 0 spiro atoms. The third-order valence-electron chi connectivity index (χ3n) is 0.633. The highest BCUT2D eigenvalue weighted by atomic mass is 35.5. The Morgan fingerprint density at radius 3 is 2.75 bits per heavy atom. The minimum absolute atomic E-state index is 0.126. The first-order valence-corrected chi connectivity index (χ1v) is 2.90. The van der Waals surface area contributed by atoms with E-state index in [1.54, 1.807) is 0 Å². The van der Waals surface area contributed by atoms with Crippen LogP contribution in [-0.2, 0) is 5.88 Å². The molecule has 0 radical (unpaired) electrons. The maximum Gasteiger partial charge on any atom is 0.362 e. The lowest BCUT2D eigenvalue weighted by Crippen LogP contribution is -1.62. The molecule has 0 aromatic carbocycles. The van der Waals surface area contributed by atoms with E-state index in [1.807, 2.05) is 0 Å². The second-order valence-corrected chi connectivity index (χ2v) is 1.79. The van der Waals surface area contributed by atoms with Crippen molar-refractivity contribution in [1.29, 1.82) is 0 Å². The third kappa shape index (κ3) is 1.11. The van der Waals surface area contributed by atoms with Gasteiger partial charge in [0.15, 0.2) is 5.76 Å². The molecule has 0 fully saturated rings. The van der Waals surface area contributed by atoms with Crippen molar-refractivity contribution in [3.8, 4) is 0 Å². The lowest BCUT2D eigenvalue weighted by Gasteiger charge is -1.73. The van der Waals surface area contributed by atoms with E-state index < -0.39 is 0 Å². The van der Waals surface area contributed by atoms with Crippen molar-refractivity contribution in [3.05, 3.63) is 16.9 Å². The van der Waals surface area contributed by atoms with Gasteiger partial charge in [0.1, 0.15) is 6.26 Å². The van der Waals surface area contributed by atoms with E-state index >= 15 is 0 Å². The average Bonchev–Trinajstić information content (AvgIpc) is 2.14. The van der Waals surface area contributed by atoms with Crippen LogP contribution in [0.3, 0.4) is 0 Å². The van der Waals surface area contributed by atoms with Crippen molar-refractivity contribution < 1.29 is 8.83 Å². The molecular weight excluding hydrogens is 148 g/mol. The molecule has 0 bridgehead atoms. The van der Waals surface area contributed by atoms with Crippen LogP contribution < -0.4 is 0 Å². The second kappa shape index (κ2) is 2.33. The molecule has 1 heterocycles. The molecule has 1 rings (SSSR count). The summed E-state index contributed by atoms with van der Waals surface area (Å²) in [5.74, 6) is 0.872. The Labute approximate surface area is 56.1 Å². The molecule has 0 aliphatic rings. The average molecular weight is 151 g/mol. The van der Waals surface area contributed by atoms with E-state index in [2.05, 4.69) is 16.6 Å². The van der Waals surface area contributed by atoms with E-state index in [9.17, 15) is 0 Å². The van der Waals surface area contributed by atoms with Gasteiger partial charge in [0.2, 0.25) is 0 Å². The maximum atomic E-state index is 5.34. The number of hydrogen-bond donors (Lipinski definition) is 0. The monoisotopic (exact) mass is 150 g/mol. The van der Waals surface area contributed by atoms with Gasteiger partial charge >= 0.3 is 4.90 Å². The van der Waals surface area contributed by atoms with Crippen LogP contribution in [0.15, 0.2) is 15.1 Å². The van der Waals surface area contributed by atoms with Crippen molar-refractivity contribution in [2.24, 2.45) is 0 Å². The first-order chi connectivity index (χ1) is 3.83. The van der Waals surface area contributed by atoms with Gasteiger partial charge in [-0.15, -0.1) is 11.6 Å². The summed E-state index contributed by atoms with van der Waals surface area (Å²) in [4.78, 5) is 0.126. The van der Waals surface area contributed by atoms with Gasteiger partial charge in [-0.1, -0.05) is 0 Å². The Hall–Kier alpha value is -0.280. The van der Waals surface area contributed by atoms with Crippen molar-refractivity contribution in [1.82, 2.24) is 0 Å². The molecule has 4 heteroatoms. The Kier molecular flexibility index (Phi) is 1.70. The minimum Gasteiger partial charge on any atom is -0.422 e. The van der Waals surface area contributed by atoms with Crippen LogP contribution in [0, 0.1) is 4.90 Å². The predicted octanol–water partition coefficient (Wildman–Crippen LogP) is 2.34. The van der Waals surface area contributed by atoms with E-state index in [1.165, 1.54) is 6.26 Å². The van der Waals surface area contributed by atoms with Crippen LogP contribution in [0.25, 0.3) is 0 Å². The van der Waals surface area contributed by atoms with Gasteiger partial charge in [-0.2, -0.15) is 0 Å². The molecule has 1 aromatic heterocycles. The zero-order valence-electron chi connectivity index (χ0n) is 3.89. The van der Waals surface area contributed by atoms with E-state index in [4.69, 9.17) is 16.0 Å². The second-order valence-electron chi connectivity index (χ2n) is 1.19. The van der Waals surface area contributed by atoms with Crippen LogP contribution in [0.2, 0.25) is 0 Å². The minimum atomic E-state index is 0.126. The van der Waals surface area contributed by atoms with E-state index in [0.717, 1.165) is 0 Å². The number of rotatable bonds is 1. The first-order valence-electron chi connectivity index (χ1n) is 1.96. The van der Waals surface area contributed by atoms with Gasteiger partial charge < -0.3 is 8.83 Å². The summed E-state index contributed by atoms with van der Waals surface area (Å²) in [6.07, 6.45) is 1.40. The molecule has 1 aromatic rings. The normalized spacial score (nSPS) is 9.62. The zero-order valence-corrected chi connectivity index (χ0v) is 5.46. The van der Waals surface area contributed by atoms with Gasteiger partial charge in [0.25, 0.3) is 0 Å². The van der Waals surface area contributed by atoms with Crippen LogP contribution in [0.5, 0.6) is 0 Å². The summed E-state index contributed by atoms with van der Waals surface area (Å²) >= 11 is 9.85. The zero-order chi connectivity index (χ0) is 5.98. The summed E-state index contributed by atoms with van der Waals surface area (Å²) in [6.45, 7) is 0. The molecule has 8 heavy (non-hydrogen) atoms. The lowest BCUT2D eigenvalue weighted by molar-refractivity contribution is 0.410. The Balaban J connectivity index is 3.01. The largest absolute Gasteiger partial charge is 0.422 e.